The molecule has 0 amide bonds. The Kier molecular flexibility index (Phi) is 4.94. The van der Waals surface area contributed by atoms with Crippen molar-refractivity contribution in [3.05, 3.63) is 12.5 Å². The predicted octanol–water partition coefficient (Wildman–Crippen LogP) is 1.26. The lowest BCUT2D eigenvalue weighted by Gasteiger charge is -2.14. The molecule has 1 aromatic heterocycles. The van der Waals surface area contributed by atoms with E-state index < -0.39 is 10.0 Å². The van der Waals surface area contributed by atoms with Crippen LogP contribution >= 0.6 is 15.9 Å². The predicted molar refractivity (Wildman–Crippen MR) is 66.0 cm³/mol. The fraction of sp³-hybridized carbons (Fsp3) is 0.667. The molecule has 0 aromatic carbocycles. The van der Waals surface area contributed by atoms with Crippen molar-refractivity contribution in [2.45, 2.75) is 30.8 Å². The average Bonchev–Trinajstić information content (AvgIpc) is 2.64. The second kappa shape index (κ2) is 5.79. The Morgan fingerprint density at radius 3 is 2.75 bits per heavy atom. The Morgan fingerprint density at radius 2 is 2.31 bits per heavy atom. The SMILES string of the molecule is CCC(CCBr)NS(=O)(=O)c1cn(C)cn1. The molecule has 0 saturated carbocycles. The molecule has 1 unspecified atom stereocenters. The van der Waals surface area contributed by atoms with E-state index >= 15 is 0 Å². The van der Waals surface area contributed by atoms with Gasteiger partial charge in [0.15, 0.2) is 5.03 Å². The summed E-state index contributed by atoms with van der Waals surface area (Å²) in [7, 11) is -1.74. The zero-order chi connectivity index (χ0) is 12.2. The monoisotopic (exact) mass is 309 g/mol. The molecule has 0 aliphatic rings. The van der Waals surface area contributed by atoms with E-state index in [2.05, 4.69) is 25.6 Å². The number of imidazole rings is 1. The van der Waals surface area contributed by atoms with E-state index in [4.69, 9.17) is 0 Å². The molecule has 92 valence electrons. The molecular formula is C9H16BrN3O2S. The Morgan fingerprint density at radius 1 is 1.62 bits per heavy atom. The van der Waals surface area contributed by atoms with E-state index in [1.54, 1.807) is 11.6 Å². The van der Waals surface area contributed by atoms with Gasteiger partial charge in [-0.05, 0) is 12.8 Å². The van der Waals surface area contributed by atoms with Gasteiger partial charge in [-0.15, -0.1) is 0 Å². The van der Waals surface area contributed by atoms with Crippen molar-refractivity contribution in [3.8, 4) is 0 Å². The van der Waals surface area contributed by atoms with Crippen LogP contribution in [0.25, 0.3) is 0 Å². The number of rotatable bonds is 6. The Balaban J connectivity index is 2.78. The van der Waals surface area contributed by atoms with Gasteiger partial charge in [-0.2, -0.15) is 0 Å². The maximum atomic E-state index is 11.9. The summed E-state index contributed by atoms with van der Waals surface area (Å²) in [4.78, 5) is 3.84. The van der Waals surface area contributed by atoms with Crippen LogP contribution in [-0.4, -0.2) is 29.3 Å². The zero-order valence-electron chi connectivity index (χ0n) is 9.35. The largest absolute Gasteiger partial charge is 0.339 e. The summed E-state index contributed by atoms with van der Waals surface area (Å²) in [6.45, 7) is 1.95. The lowest BCUT2D eigenvalue weighted by atomic mass is 10.2. The molecular weight excluding hydrogens is 294 g/mol. The number of nitrogens with one attached hydrogen (secondary N) is 1. The number of halogens is 1. The normalized spacial score (nSPS) is 13.9. The van der Waals surface area contributed by atoms with Crippen LogP contribution in [0.15, 0.2) is 17.6 Å². The van der Waals surface area contributed by atoms with Gasteiger partial charge in [0.1, 0.15) is 0 Å². The van der Waals surface area contributed by atoms with E-state index in [9.17, 15) is 8.42 Å². The maximum Gasteiger partial charge on any atom is 0.259 e. The van der Waals surface area contributed by atoms with E-state index in [-0.39, 0.29) is 11.1 Å². The number of aromatic nitrogens is 2. The third-order valence-corrected chi connectivity index (χ3v) is 4.09. The smallest absolute Gasteiger partial charge is 0.259 e. The van der Waals surface area contributed by atoms with E-state index in [1.165, 1.54) is 12.5 Å². The summed E-state index contributed by atoms with van der Waals surface area (Å²) in [5, 5.41) is 0.846. The first kappa shape index (κ1) is 13.7. The average molecular weight is 310 g/mol. The molecule has 1 aromatic rings. The Labute approximate surface area is 104 Å². The molecule has 1 rings (SSSR count). The highest BCUT2D eigenvalue weighted by atomic mass is 79.9. The van der Waals surface area contributed by atoms with E-state index in [0.717, 1.165) is 18.2 Å². The van der Waals surface area contributed by atoms with Crippen LogP contribution in [0.4, 0.5) is 0 Å². The van der Waals surface area contributed by atoms with Gasteiger partial charge in [-0.3, -0.25) is 0 Å². The fourth-order valence-corrected chi connectivity index (χ4v) is 3.17. The molecule has 1 atom stereocenters. The third kappa shape index (κ3) is 3.57. The Bertz CT molecular complexity index is 430. The van der Waals surface area contributed by atoms with Crippen molar-refractivity contribution in [2.75, 3.05) is 5.33 Å². The van der Waals surface area contributed by atoms with Crippen LogP contribution < -0.4 is 4.72 Å². The van der Waals surface area contributed by atoms with Crippen LogP contribution in [0.3, 0.4) is 0 Å². The molecule has 1 N–H and O–H groups in total. The molecule has 7 heteroatoms. The molecule has 0 radical (unpaired) electrons. The lowest BCUT2D eigenvalue weighted by Crippen LogP contribution is -2.34. The highest BCUT2D eigenvalue weighted by Gasteiger charge is 2.20. The molecule has 0 bridgehead atoms. The maximum absolute atomic E-state index is 11.9. The van der Waals surface area contributed by atoms with Gasteiger partial charge in [0, 0.05) is 24.6 Å². The quantitative estimate of drug-likeness (QED) is 0.805. The molecule has 1 heterocycles. The van der Waals surface area contributed by atoms with Crippen molar-refractivity contribution in [2.24, 2.45) is 7.05 Å². The van der Waals surface area contributed by atoms with Crippen LogP contribution in [0, 0.1) is 0 Å². The molecule has 0 aliphatic heterocycles. The zero-order valence-corrected chi connectivity index (χ0v) is 11.8. The molecule has 0 fully saturated rings. The van der Waals surface area contributed by atoms with Crippen molar-refractivity contribution >= 4 is 26.0 Å². The van der Waals surface area contributed by atoms with Crippen molar-refractivity contribution in [1.82, 2.24) is 14.3 Å². The van der Waals surface area contributed by atoms with Gasteiger partial charge in [0.05, 0.1) is 6.33 Å². The van der Waals surface area contributed by atoms with Crippen molar-refractivity contribution < 1.29 is 8.42 Å². The van der Waals surface area contributed by atoms with Gasteiger partial charge in [-0.25, -0.2) is 18.1 Å². The highest BCUT2D eigenvalue weighted by Crippen LogP contribution is 2.08. The highest BCUT2D eigenvalue weighted by molar-refractivity contribution is 9.09. The van der Waals surface area contributed by atoms with Gasteiger partial charge in [-0.1, -0.05) is 22.9 Å². The van der Waals surface area contributed by atoms with Gasteiger partial charge >= 0.3 is 0 Å². The fourth-order valence-electron chi connectivity index (χ4n) is 1.29. The standard InChI is InChI=1S/C9H16BrN3O2S/c1-3-8(4-5-10)12-16(14,15)9-6-13(2)7-11-9/h6-8,12H,3-5H2,1-2H3. The van der Waals surface area contributed by atoms with E-state index in [0.29, 0.717) is 0 Å². The number of aryl methyl sites for hydroxylation is 1. The second-order valence-corrected chi connectivity index (χ2v) is 6.04. The van der Waals surface area contributed by atoms with Gasteiger partial charge < -0.3 is 4.57 Å². The summed E-state index contributed by atoms with van der Waals surface area (Å²) in [5.74, 6) is 0. The number of nitrogens with zero attached hydrogens (tertiary/aromatic N) is 2. The first-order valence-electron chi connectivity index (χ1n) is 5.06. The molecule has 0 saturated heterocycles. The summed E-state index contributed by atoms with van der Waals surface area (Å²) >= 11 is 3.30. The summed E-state index contributed by atoms with van der Waals surface area (Å²) < 4.78 is 28.0. The van der Waals surface area contributed by atoms with Crippen molar-refractivity contribution in [3.63, 3.8) is 0 Å². The van der Waals surface area contributed by atoms with Crippen LogP contribution in [0.1, 0.15) is 19.8 Å². The number of hydrogen-bond donors (Lipinski definition) is 1. The lowest BCUT2D eigenvalue weighted by molar-refractivity contribution is 0.530. The summed E-state index contributed by atoms with van der Waals surface area (Å²) in [5.41, 5.74) is 0. The number of alkyl halides is 1. The molecule has 0 aliphatic carbocycles. The topological polar surface area (TPSA) is 64.0 Å². The minimum absolute atomic E-state index is 0.0496. The van der Waals surface area contributed by atoms with Crippen LogP contribution in [0.2, 0.25) is 0 Å². The van der Waals surface area contributed by atoms with Gasteiger partial charge in [0.25, 0.3) is 10.0 Å². The Hall–Kier alpha value is -0.400. The second-order valence-electron chi connectivity index (χ2n) is 3.58. The van der Waals surface area contributed by atoms with E-state index in [1.807, 2.05) is 6.92 Å². The first-order chi connectivity index (χ1) is 7.49. The minimum Gasteiger partial charge on any atom is -0.339 e. The number of hydrogen-bond acceptors (Lipinski definition) is 3. The number of sulfonamides is 1. The molecule has 0 spiro atoms. The molecule has 5 nitrogen and oxygen atoms in total. The van der Waals surface area contributed by atoms with Crippen LogP contribution in [-0.2, 0) is 17.1 Å². The van der Waals surface area contributed by atoms with Crippen LogP contribution in [0.5, 0.6) is 0 Å². The minimum atomic E-state index is -3.48. The molecule has 16 heavy (non-hydrogen) atoms. The first-order valence-corrected chi connectivity index (χ1v) is 7.66. The summed E-state index contributed by atoms with van der Waals surface area (Å²) in [6.07, 6.45) is 4.49. The van der Waals surface area contributed by atoms with Crippen molar-refractivity contribution in [1.29, 1.82) is 0 Å². The summed E-state index contributed by atoms with van der Waals surface area (Å²) in [6, 6.07) is -0.0496. The van der Waals surface area contributed by atoms with Gasteiger partial charge in [0.2, 0.25) is 0 Å². The third-order valence-electron chi connectivity index (χ3n) is 2.23.